The molecular formula is C48H79N17O11. The molecule has 1 aromatic rings. The lowest BCUT2D eigenvalue weighted by atomic mass is 9.99. The number of aryl methyl sites for hydroxylation is 1. The summed E-state index contributed by atoms with van der Waals surface area (Å²) in [5.74, 6) is -8.24. The van der Waals surface area contributed by atoms with Crippen LogP contribution in [0.4, 0.5) is 0 Å². The minimum absolute atomic E-state index is 0.0276. The molecule has 8 atom stereocenters. The number of nitrogens with one attached hydrogen (secondary N) is 9. The molecule has 1 saturated heterocycles. The SMILES string of the molecule is C[C@H](NC(=O)[C@@H](NC(=O)[C@@H](N)CCCCN)[C@@H](O)CN)C(=O)NCC(=O)N[C@H](CCCN)C(=O)N1CCC[C@H]1C(=O)N[C@@H](CCc1ccccc1C#N)C(=O)N[C@@H](CCCCN)C(=O)N/C(=C\CCNC(=N)N)C(=O)O. The number of likely N-dealkylation sites (tertiary alicyclic amines) is 1. The Hall–Kier alpha value is -7.29. The van der Waals surface area contributed by atoms with Crippen LogP contribution < -0.4 is 76.9 Å². The van der Waals surface area contributed by atoms with Crippen molar-refractivity contribution in [2.24, 2.45) is 34.4 Å². The predicted molar refractivity (Wildman–Crippen MR) is 278 cm³/mol. The number of aliphatic hydroxyl groups excluding tert-OH is 1. The van der Waals surface area contributed by atoms with E-state index < -0.39 is 120 Å². The van der Waals surface area contributed by atoms with E-state index in [1.807, 2.05) is 0 Å². The monoisotopic (exact) mass is 1070 g/mol. The van der Waals surface area contributed by atoms with Crippen molar-refractivity contribution < 1.29 is 53.4 Å². The highest BCUT2D eigenvalue weighted by Gasteiger charge is 2.39. The van der Waals surface area contributed by atoms with Crippen molar-refractivity contribution in [1.29, 1.82) is 10.7 Å². The third kappa shape index (κ3) is 22.7. The number of nitriles is 1. The van der Waals surface area contributed by atoms with Gasteiger partial charge in [0.1, 0.15) is 41.9 Å². The van der Waals surface area contributed by atoms with E-state index in [4.69, 9.17) is 39.8 Å². The van der Waals surface area contributed by atoms with Crippen LogP contribution in [0.15, 0.2) is 36.0 Å². The maximum absolute atomic E-state index is 14.3. The fourth-order valence-electron chi connectivity index (χ4n) is 7.94. The fraction of sp³-hybridized carbons (Fsp3) is 0.604. The summed E-state index contributed by atoms with van der Waals surface area (Å²) < 4.78 is 0. The molecule has 0 bridgehead atoms. The first-order chi connectivity index (χ1) is 36.2. The average Bonchev–Trinajstić information content (AvgIpc) is 3.90. The number of benzene rings is 1. The maximum atomic E-state index is 14.3. The van der Waals surface area contributed by atoms with Gasteiger partial charge in [-0.15, -0.1) is 0 Å². The molecule has 76 heavy (non-hydrogen) atoms. The lowest BCUT2D eigenvalue weighted by Gasteiger charge is -2.30. The van der Waals surface area contributed by atoms with Gasteiger partial charge in [0.2, 0.25) is 47.3 Å². The Bertz CT molecular complexity index is 2210. The van der Waals surface area contributed by atoms with Gasteiger partial charge in [-0.1, -0.05) is 30.7 Å². The largest absolute Gasteiger partial charge is 0.477 e. The number of hydrogen-bond donors (Lipinski definition) is 17. The normalized spacial score (nSPS) is 15.9. The third-order valence-electron chi connectivity index (χ3n) is 12.2. The Labute approximate surface area is 441 Å². The van der Waals surface area contributed by atoms with Crippen LogP contribution in [0.3, 0.4) is 0 Å². The average molecular weight is 1070 g/mol. The van der Waals surface area contributed by atoms with Gasteiger partial charge < -0.3 is 92.0 Å². The van der Waals surface area contributed by atoms with E-state index in [1.165, 1.54) is 17.9 Å². The van der Waals surface area contributed by atoms with Crippen molar-refractivity contribution in [1.82, 2.24) is 47.4 Å². The highest BCUT2D eigenvalue weighted by molar-refractivity contribution is 5.99. The highest BCUT2D eigenvalue weighted by atomic mass is 16.4. The molecule has 1 heterocycles. The van der Waals surface area contributed by atoms with Crippen molar-refractivity contribution in [2.75, 3.05) is 45.8 Å². The number of hydrogen-bond acceptors (Lipinski definition) is 17. The van der Waals surface area contributed by atoms with E-state index in [2.05, 4.69) is 48.6 Å². The second-order valence-corrected chi connectivity index (χ2v) is 18.1. The number of nitrogens with two attached hydrogens (primary N) is 6. The predicted octanol–water partition coefficient (Wildman–Crippen LogP) is -5.36. The summed E-state index contributed by atoms with van der Waals surface area (Å²) in [5, 5.41) is 57.2. The number of aliphatic carboxylic acids is 1. The number of aliphatic hydroxyl groups is 1. The van der Waals surface area contributed by atoms with E-state index in [-0.39, 0.29) is 83.5 Å². The molecule has 28 nitrogen and oxygen atoms in total. The Balaban J connectivity index is 2.28. The number of carbonyl (C=O) groups is 9. The first-order valence-electron chi connectivity index (χ1n) is 25.4. The lowest BCUT2D eigenvalue weighted by Crippen LogP contribution is -2.60. The Kier molecular flexibility index (Phi) is 29.9. The van der Waals surface area contributed by atoms with E-state index >= 15 is 0 Å². The van der Waals surface area contributed by atoms with Crippen LogP contribution in [-0.2, 0) is 49.6 Å². The van der Waals surface area contributed by atoms with Gasteiger partial charge in [0.15, 0.2) is 5.96 Å². The summed E-state index contributed by atoms with van der Waals surface area (Å²) >= 11 is 0. The molecule has 0 saturated carbocycles. The molecule has 0 aliphatic carbocycles. The molecule has 0 radical (unpaired) electrons. The number of rotatable bonds is 35. The second-order valence-electron chi connectivity index (χ2n) is 18.1. The minimum Gasteiger partial charge on any atom is -0.477 e. The van der Waals surface area contributed by atoms with Crippen LogP contribution in [-0.4, -0.2) is 169 Å². The van der Waals surface area contributed by atoms with Gasteiger partial charge in [0.25, 0.3) is 0 Å². The first kappa shape index (κ1) is 64.8. The van der Waals surface area contributed by atoms with Crippen molar-refractivity contribution in [3.63, 3.8) is 0 Å². The molecule has 1 aliphatic heterocycles. The van der Waals surface area contributed by atoms with E-state index in [1.54, 1.807) is 24.3 Å². The van der Waals surface area contributed by atoms with Crippen LogP contribution in [0.2, 0.25) is 0 Å². The molecular weight excluding hydrogens is 991 g/mol. The van der Waals surface area contributed by atoms with Gasteiger partial charge in [-0.25, -0.2) is 4.79 Å². The number of guanidine groups is 1. The molecule has 0 unspecified atom stereocenters. The van der Waals surface area contributed by atoms with Gasteiger partial charge in [0, 0.05) is 19.6 Å². The Morgan fingerprint density at radius 1 is 0.789 bits per heavy atom. The topological polar surface area (TPSA) is 497 Å². The van der Waals surface area contributed by atoms with Gasteiger partial charge >= 0.3 is 5.97 Å². The lowest BCUT2D eigenvalue weighted by molar-refractivity contribution is -0.142. The molecule has 8 amide bonds. The zero-order chi connectivity index (χ0) is 56.7. The van der Waals surface area contributed by atoms with Gasteiger partial charge in [-0.3, -0.25) is 43.8 Å². The number of carboxylic acids is 1. The zero-order valence-electron chi connectivity index (χ0n) is 43.1. The number of nitrogens with zero attached hydrogens (tertiary/aromatic N) is 2. The van der Waals surface area contributed by atoms with Gasteiger partial charge in [0.05, 0.1) is 30.3 Å². The zero-order valence-corrected chi connectivity index (χ0v) is 43.1. The second kappa shape index (κ2) is 35.1. The quantitative estimate of drug-likeness (QED) is 0.0131. The maximum Gasteiger partial charge on any atom is 0.352 e. The van der Waals surface area contributed by atoms with Crippen LogP contribution in [0.1, 0.15) is 95.1 Å². The van der Waals surface area contributed by atoms with Crippen molar-refractivity contribution in [3.8, 4) is 6.07 Å². The number of carbonyl (C=O) groups excluding carboxylic acids is 8. The molecule has 1 aliphatic rings. The van der Waals surface area contributed by atoms with E-state index in [0.29, 0.717) is 49.8 Å². The van der Waals surface area contributed by atoms with E-state index in [0.717, 1.165) is 0 Å². The highest BCUT2D eigenvalue weighted by Crippen LogP contribution is 2.21. The molecule has 23 N–H and O–H groups in total. The Morgan fingerprint density at radius 2 is 1.43 bits per heavy atom. The summed E-state index contributed by atoms with van der Waals surface area (Å²) in [6.45, 7) is 1.16. The smallest absolute Gasteiger partial charge is 0.352 e. The number of amides is 8. The van der Waals surface area contributed by atoms with Crippen molar-refractivity contribution in [2.45, 2.75) is 139 Å². The minimum atomic E-state index is -1.57. The summed E-state index contributed by atoms with van der Waals surface area (Å²) in [5.41, 5.74) is 34.1. The summed E-state index contributed by atoms with van der Waals surface area (Å²) in [7, 11) is 0. The van der Waals surface area contributed by atoms with Crippen LogP contribution in [0, 0.1) is 16.7 Å². The molecule has 1 fully saturated rings. The number of carboxylic acid groups (broad SMARTS) is 1. The summed E-state index contributed by atoms with van der Waals surface area (Å²) in [6, 6.07) is -0.199. The van der Waals surface area contributed by atoms with Crippen LogP contribution >= 0.6 is 0 Å². The van der Waals surface area contributed by atoms with Gasteiger partial charge in [-0.05, 0) is 115 Å². The molecule has 2 rings (SSSR count). The van der Waals surface area contributed by atoms with Gasteiger partial charge in [-0.2, -0.15) is 5.26 Å². The Morgan fingerprint density at radius 3 is 2.07 bits per heavy atom. The van der Waals surface area contributed by atoms with Crippen LogP contribution in [0.5, 0.6) is 0 Å². The molecule has 28 heteroatoms. The molecule has 0 aromatic heterocycles. The third-order valence-corrected chi connectivity index (χ3v) is 12.2. The van der Waals surface area contributed by atoms with Crippen LogP contribution in [0.25, 0.3) is 0 Å². The number of unbranched alkanes of at least 4 members (excludes halogenated alkanes) is 2. The molecule has 0 spiro atoms. The fourth-order valence-corrected chi connectivity index (χ4v) is 7.94. The summed E-state index contributed by atoms with van der Waals surface area (Å²) in [4.78, 5) is 122. The standard InChI is InChI=1S/C48H79N17O11/c1-28(59-45(73)39(37(66)26-53)64-41(69)31(54)13-4-6-20-49)40(68)58-27-38(67)60-34(15-8-22-51)46(74)65-24-10-17-36(65)44(72)62-33(19-18-29-11-2-3-12-30(29)25-52)43(71)61-32(14-5-7-21-50)42(70)63-35(47(75)76)16-9-23-57-48(55)56/h2-3,11-12,16,28,31-34,36-37,39,66H,4-10,13-15,17-24,26-27,49-51,53-54H2,1H3,(H,58,68)(H,59,73)(H,60,67)(H,61,71)(H,62,72)(H,63,70)(H,64,69)(H,75,76)(H4,55,56,57)/b35-16-/t28-,31-,32-,33-,34+,36-,37-,39-/m0/s1. The van der Waals surface area contributed by atoms with E-state index in [9.17, 15) is 58.6 Å². The van der Waals surface area contributed by atoms with Crippen molar-refractivity contribution in [3.05, 3.63) is 47.2 Å². The summed E-state index contributed by atoms with van der Waals surface area (Å²) in [6.07, 6.45) is 2.81. The first-order valence-corrected chi connectivity index (χ1v) is 25.4. The molecule has 422 valence electrons. The molecule has 1 aromatic carbocycles. The van der Waals surface area contributed by atoms with Crippen molar-refractivity contribution >= 4 is 59.2 Å².